The number of amides is 1. The Bertz CT molecular complexity index is 551. The van der Waals surface area contributed by atoms with Gasteiger partial charge in [0.05, 0.1) is 20.4 Å². The van der Waals surface area contributed by atoms with Crippen molar-refractivity contribution in [2.75, 3.05) is 0 Å². The molecule has 2 heterocycles. The molecular weight excluding hydrogens is 268 g/mol. The van der Waals surface area contributed by atoms with Crippen molar-refractivity contribution in [1.29, 1.82) is 0 Å². The molecule has 0 bridgehead atoms. The van der Waals surface area contributed by atoms with Gasteiger partial charge in [0.15, 0.2) is 0 Å². The fourth-order valence-corrected chi connectivity index (χ4v) is 2.52. The van der Waals surface area contributed by atoms with Crippen LogP contribution in [0.1, 0.15) is 29.2 Å². The monoisotopic (exact) mass is 280 g/mol. The Kier molecular flexibility index (Phi) is 3.68. The van der Waals surface area contributed by atoms with Crippen molar-refractivity contribution in [1.82, 2.24) is 10.3 Å². The second-order valence-corrected chi connectivity index (χ2v) is 6.11. The van der Waals surface area contributed by atoms with Crippen LogP contribution in [0.3, 0.4) is 0 Å². The number of nitrogens with one attached hydrogen (secondary N) is 1. The average molecular weight is 281 g/mol. The summed E-state index contributed by atoms with van der Waals surface area (Å²) in [6, 6.07) is 9.08. The Morgan fingerprint density at radius 3 is 2.67 bits per heavy atom. The second-order valence-electron chi connectivity index (χ2n) is 4.40. The molecule has 0 aromatic carbocycles. The van der Waals surface area contributed by atoms with Gasteiger partial charge in [-0.25, -0.2) is 0 Å². The van der Waals surface area contributed by atoms with Crippen molar-refractivity contribution in [3.8, 4) is 0 Å². The Balaban J connectivity index is 2.16. The number of hydrogen-bond acceptors (Lipinski definition) is 3. The lowest BCUT2D eigenvalue weighted by Gasteiger charge is -2.25. The van der Waals surface area contributed by atoms with Gasteiger partial charge in [0, 0.05) is 6.20 Å². The number of carbonyl (C=O) groups is 1. The number of pyridine rings is 1. The Labute approximate surface area is 115 Å². The van der Waals surface area contributed by atoms with Gasteiger partial charge in [0.2, 0.25) is 0 Å². The summed E-state index contributed by atoms with van der Waals surface area (Å²) in [6.07, 6.45) is 1.71. The molecule has 3 nitrogen and oxygen atoms in total. The number of hydrogen-bond donors (Lipinski definition) is 1. The molecule has 0 atom stereocenters. The zero-order chi connectivity index (χ0) is 13.2. The third-order valence-corrected chi connectivity index (χ3v) is 3.76. The molecule has 2 aromatic rings. The first-order valence-corrected chi connectivity index (χ1v) is 6.68. The summed E-state index contributed by atoms with van der Waals surface area (Å²) in [4.78, 5) is 16.9. The van der Waals surface area contributed by atoms with Gasteiger partial charge >= 0.3 is 0 Å². The van der Waals surface area contributed by atoms with Crippen LogP contribution >= 0.6 is 22.9 Å². The fraction of sp³-hybridized carbons (Fsp3) is 0.231. The SMILES string of the molecule is CC(C)(NC(=O)c1ccc(Cl)s1)c1ccccn1. The van der Waals surface area contributed by atoms with Gasteiger partial charge in [-0.2, -0.15) is 0 Å². The molecule has 5 heteroatoms. The third-order valence-electron chi connectivity index (χ3n) is 2.53. The van der Waals surface area contributed by atoms with E-state index in [0.717, 1.165) is 5.69 Å². The van der Waals surface area contributed by atoms with Crippen molar-refractivity contribution in [2.45, 2.75) is 19.4 Å². The summed E-state index contributed by atoms with van der Waals surface area (Å²) >= 11 is 7.08. The number of aromatic nitrogens is 1. The average Bonchev–Trinajstić information content (AvgIpc) is 2.77. The number of halogens is 1. The topological polar surface area (TPSA) is 42.0 Å². The largest absolute Gasteiger partial charge is 0.341 e. The van der Waals surface area contributed by atoms with E-state index in [4.69, 9.17) is 11.6 Å². The van der Waals surface area contributed by atoms with Crippen LogP contribution in [0.2, 0.25) is 4.34 Å². The Morgan fingerprint density at radius 2 is 2.11 bits per heavy atom. The normalized spacial score (nSPS) is 11.3. The summed E-state index contributed by atoms with van der Waals surface area (Å²) in [5, 5.41) is 2.95. The predicted octanol–water partition coefficient (Wildman–Crippen LogP) is 3.46. The molecule has 18 heavy (non-hydrogen) atoms. The minimum Gasteiger partial charge on any atom is -0.341 e. The van der Waals surface area contributed by atoms with Crippen LogP contribution in [-0.2, 0) is 5.54 Å². The molecule has 0 aliphatic rings. The van der Waals surface area contributed by atoms with E-state index in [9.17, 15) is 4.79 Å². The Hall–Kier alpha value is -1.39. The van der Waals surface area contributed by atoms with Crippen LogP contribution in [0.5, 0.6) is 0 Å². The number of nitrogens with zero attached hydrogens (tertiary/aromatic N) is 1. The summed E-state index contributed by atoms with van der Waals surface area (Å²) in [6.45, 7) is 3.84. The van der Waals surface area contributed by atoms with Gasteiger partial charge in [0.25, 0.3) is 5.91 Å². The summed E-state index contributed by atoms with van der Waals surface area (Å²) in [7, 11) is 0. The van der Waals surface area contributed by atoms with E-state index in [1.165, 1.54) is 11.3 Å². The van der Waals surface area contributed by atoms with E-state index in [2.05, 4.69) is 10.3 Å². The van der Waals surface area contributed by atoms with Crippen molar-refractivity contribution >= 4 is 28.8 Å². The van der Waals surface area contributed by atoms with Gasteiger partial charge in [-0.3, -0.25) is 9.78 Å². The van der Waals surface area contributed by atoms with Gasteiger partial charge in [0.1, 0.15) is 0 Å². The van der Waals surface area contributed by atoms with Gasteiger partial charge in [-0.15, -0.1) is 11.3 Å². The maximum Gasteiger partial charge on any atom is 0.262 e. The molecule has 1 N–H and O–H groups in total. The lowest BCUT2D eigenvalue weighted by Crippen LogP contribution is -2.41. The van der Waals surface area contributed by atoms with E-state index < -0.39 is 5.54 Å². The van der Waals surface area contributed by atoms with Crippen LogP contribution in [-0.4, -0.2) is 10.9 Å². The molecule has 2 aromatic heterocycles. The minimum atomic E-state index is -0.519. The molecule has 1 amide bonds. The minimum absolute atomic E-state index is 0.137. The molecule has 0 fully saturated rings. The van der Waals surface area contributed by atoms with E-state index in [0.29, 0.717) is 9.21 Å². The van der Waals surface area contributed by atoms with Crippen molar-refractivity contribution < 1.29 is 4.79 Å². The first kappa shape index (κ1) is 13.1. The quantitative estimate of drug-likeness (QED) is 0.935. The van der Waals surface area contributed by atoms with Crippen LogP contribution < -0.4 is 5.32 Å². The van der Waals surface area contributed by atoms with Crippen LogP contribution in [0.25, 0.3) is 0 Å². The highest BCUT2D eigenvalue weighted by atomic mass is 35.5. The molecule has 0 unspecified atom stereocenters. The van der Waals surface area contributed by atoms with Crippen LogP contribution in [0, 0.1) is 0 Å². The zero-order valence-electron chi connectivity index (χ0n) is 10.1. The maximum absolute atomic E-state index is 12.1. The van der Waals surface area contributed by atoms with Crippen molar-refractivity contribution in [3.63, 3.8) is 0 Å². The van der Waals surface area contributed by atoms with E-state index in [1.54, 1.807) is 18.3 Å². The highest BCUT2D eigenvalue weighted by Gasteiger charge is 2.25. The molecule has 2 rings (SSSR count). The standard InChI is InChI=1S/C13H13ClN2OS/c1-13(2,10-5-3-4-8-15-10)16-12(17)9-6-7-11(14)18-9/h3-8H,1-2H3,(H,16,17). The summed E-state index contributed by atoms with van der Waals surface area (Å²) in [5.41, 5.74) is 0.301. The van der Waals surface area contributed by atoms with Gasteiger partial charge in [-0.05, 0) is 38.1 Å². The molecule has 0 saturated carbocycles. The maximum atomic E-state index is 12.1. The van der Waals surface area contributed by atoms with Gasteiger partial charge < -0.3 is 5.32 Å². The second kappa shape index (κ2) is 5.08. The van der Waals surface area contributed by atoms with Crippen molar-refractivity contribution in [2.24, 2.45) is 0 Å². The third kappa shape index (κ3) is 2.89. The van der Waals surface area contributed by atoms with E-state index in [1.807, 2.05) is 32.0 Å². The lowest BCUT2D eigenvalue weighted by molar-refractivity contribution is 0.0914. The molecule has 94 valence electrons. The van der Waals surface area contributed by atoms with Crippen LogP contribution in [0.4, 0.5) is 0 Å². The predicted molar refractivity (Wildman–Crippen MR) is 74.1 cm³/mol. The molecule has 0 spiro atoms. The Morgan fingerprint density at radius 1 is 1.33 bits per heavy atom. The zero-order valence-corrected chi connectivity index (χ0v) is 11.7. The molecule has 0 saturated heterocycles. The smallest absolute Gasteiger partial charge is 0.262 e. The first-order chi connectivity index (χ1) is 8.49. The molecule has 0 aliphatic carbocycles. The number of rotatable bonds is 3. The van der Waals surface area contributed by atoms with Crippen molar-refractivity contribution in [3.05, 3.63) is 51.4 Å². The molecule has 0 aliphatic heterocycles. The highest BCUT2D eigenvalue weighted by molar-refractivity contribution is 7.18. The highest BCUT2D eigenvalue weighted by Crippen LogP contribution is 2.23. The van der Waals surface area contributed by atoms with E-state index in [-0.39, 0.29) is 5.91 Å². The molecule has 0 radical (unpaired) electrons. The summed E-state index contributed by atoms with van der Waals surface area (Å²) in [5.74, 6) is -0.137. The summed E-state index contributed by atoms with van der Waals surface area (Å²) < 4.78 is 0.607. The van der Waals surface area contributed by atoms with Crippen LogP contribution in [0.15, 0.2) is 36.5 Å². The number of thiophene rings is 1. The number of carbonyl (C=O) groups excluding carboxylic acids is 1. The lowest BCUT2D eigenvalue weighted by atomic mass is 10.00. The molecular formula is C13H13ClN2OS. The van der Waals surface area contributed by atoms with E-state index >= 15 is 0 Å². The fourth-order valence-electron chi connectivity index (χ4n) is 1.58. The van der Waals surface area contributed by atoms with Gasteiger partial charge in [-0.1, -0.05) is 17.7 Å². The first-order valence-electron chi connectivity index (χ1n) is 5.48.